The van der Waals surface area contributed by atoms with Crippen molar-refractivity contribution in [1.82, 2.24) is 0 Å². The Balaban J connectivity index is 1.89. The van der Waals surface area contributed by atoms with Crippen molar-refractivity contribution < 1.29 is 13.9 Å². The highest BCUT2D eigenvalue weighted by atomic mass is 16.5. The third kappa shape index (κ3) is 2.40. The molecule has 19 heavy (non-hydrogen) atoms. The Hall–Kier alpha value is -2.42. The van der Waals surface area contributed by atoms with Gasteiger partial charge in [0, 0.05) is 12.1 Å². The number of benzene rings is 2. The van der Waals surface area contributed by atoms with Gasteiger partial charge >= 0.3 is 0 Å². The Morgan fingerprint density at radius 2 is 1.89 bits per heavy atom. The summed E-state index contributed by atoms with van der Waals surface area (Å²) in [5.41, 5.74) is 1.89. The second-order valence-corrected chi connectivity index (χ2v) is 4.23. The lowest BCUT2D eigenvalue weighted by atomic mass is 10.2. The molecule has 0 spiro atoms. The van der Waals surface area contributed by atoms with E-state index in [9.17, 15) is 0 Å². The van der Waals surface area contributed by atoms with Crippen LogP contribution in [0.2, 0.25) is 0 Å². The number of fused-ring (bicyclic) bond motifs is 1. The molecule has 0 saturated heterocycles. The van der Waals surface area contributed by atoms with Crippen molar-refractivity contribution in [3.8, 4) is 11.5 Å². The largest absolute Gasteiger partial charge is 0.496 e. The van der Waals surface area contributed by atoms with Gasteiger partial charge in [-0.15, -0.1) is 0 Å². The van der Waals surface area contributed by atoms with E-state index in [1.807, 2.05) is 48.5 Å². The number of hydrogen-bond acceptors (Lipinski definition) is 3. The zero-order chi connectivity index (χ0) is 13.1. The number of hydrogen-bond donors (Lipinski definition) is 0. The van der Waals surface area contributed by atoms with Crippen LogP contribution in [-0.4, -0.2) is 7.11 Å². The average Bonchev–Trinajstić information content (AvgIpc) is 2.94. The minimum atomic E-state index is 0.522. The van der Waals surface area contributed by atoms with Crippen molar-refractivity contribution >= 4 is 11.0 Å². The summed E-state index contributed by atoms with van der Waals surface area (Å²) in [7, 11) is 1.63. The van der Waals surface area contributed by atoms with E-state index in [1.54, 1.807) is 13.4 Å². The zero-order valence-corrected chi connectivity index (χ0v) is 10.6. The maximum atomic E-state index is 5.87. The molecule has 0 aliphatic heterocycles. The third-order valence-electron chi connectivity index (χ3n) is 2.98. The van der Waals surface area contributed by atoms with Crippen LogP contribution in [0.4, 0.5) is 0 Å². The fraction of sp³-hybridized carbons (Fsp3) is 0.125. The molecule has 1 aromatic heterocycles. The van der Waals surface area contributed by atoms with Crippen LogP contribution in [0.1, 0.15) is 5.56 Å². The van der Waals surface area contributed by atoms with Gasteiger partial charge in [-0.25, -0.2) is 0 Å². The summed E-state index contributed by atoms with van der Waals surface area (Å²) < 4.78 is 16.5. The summed E-state index contributed by atoms with van der Waals surface area (Å²) in [4.78, 5) is 0. The van der Waals surface area contributed by atoms with Gasteiger partial charge in [0.2, 0.25) is 0 Å². The molecule has 0 aliphatic carbocycles. The molecule has 0 radical (unpaired) electrons. The topological polar surface area (TPSA) is 31.6 Å². The first-order valence-corrected chi connectivity index (χ1v) is 6.09. The molecule has 3 heteroatoms. The lowest BCUT2D eigenvalue weighted by Gasteiger charge is -2.09. The van der Waals surface area contributed by atoms with Gasteiger partial charge in [-0.05, 0) is 11.6 Å². The summed E-state index contributed by atoms with van der Waals surface area (Å²) in [6.45, 7) is 0.522. The average molecular weight is 254 g/mol. The first kappa shape index (κ1) is 11.7. The van der Waals surface area contributed by atoms with Crippen molar-refractivity contribution in [1.29, 1.82) is 0 Å². The molecule has 0 atom stereocenters. The lowest BCUT2D eigenvalue weighted by Crippen LogP contribution is -1.96. The van der Waals surface area contributed by atoms with E-state index in [4.69, 9.17) is 13.9 Å². The normalized spacial score (nSPS) is 10.6. The molecule has 3 rings (SSSR count). The van der Waals surface area contributed by atoms with Crippen molar-refractivity contribution in [2.24, 2.45) is 0 Å². The van der Waals surface area contributed by atoms with E-state index in [0.717, 1.165) is 28.0 Å². The molecule has 0 amide bonds. The van der Waals surface area contributed by atoms with E-state index in [-0.39, 0.29) is 0 Å². The zero-order valence-electron chi connectivity index (χ0n) is 10.6. The second-order valence-electron chi connectivity index (χ2n) is 4.23. The van der Waals surface area contributed by atoms with Crippen LogP contribution >= 0.6 is 0 Å². The van der Waals surface area contributed by atoms with Gasteiger partial charge in [0.05, 0.1) is 18.8 Å². The maximum Gasteiger partial charge on any atom is 0.141 e. The van der Waals surface area contributed by atoms with Gasteiger partial charge in [0.1, 0.15) is 23.7 Å². The summed E-state index contributed by atoms with van der Waals surface area (Å²) >= 11 is 0. The second kappa shape index (κ2) is 5.06. The van der Waals surface area contributed by atoms with Crippen LogP contribution < -0.4 is 9.47 Å². The van der Waals surface area contributed by atoms with Gasteiger partial charge in [-0.3, -0.25) is 0 Å². The van der Waals surface area contributed by atoms with Gasteiger partial charge in [0.25, 0.3) is 0 Å². The summed E-state index contributed by atoms with van der Waals surface area (Å²) in [6.07, 6.45) is 1.65. The molecule has 0 N–H and O–H groups in total. The Kier molecular flexibility index (Phi) is 3.11. The summed E-state index contributed by atoms with van der Waals surface area (Å²) in [5, 5.41) is 0.955. The molecule has 0 saturated carbocycles. The van der Waals surface area contributed by atoms with Gasteiger partial charge in [0.15, 0.2) is 0 Å². The Morgan fingerprint density at radius 1 is 1.05 bits per heavy atom. The number of methoxy groups -OCH3 is 1. The van der Waals surface area contributed by atoms with E-state index < -0.39 is 0 Å². The quantitative estimate of drug-likeness (QED) is 0.704. The van der Waals surface area contributed by atoms with E-state index in [0.29, 0.717) is 6.61 Å². The highest BCUT2D eigenvalue weighted by molar-refractivity contribution is 5.85. The SMILES string of the molecule is COc1cc(OCc2ccccc2)c2ccoc2c1. The van der Waals surface area contributed by atoms with Crippen LogP contribution in [0.3, 0.4) is 0 Å². The third-order valence-corrected chi connectivity index (χ3v) is 2.98. The Labute approximate surface area is 111 Å². The van der Waals surface area contributed by atoms with Crippen molar-refractivity contribution in [3.05, 3.63) is 60.4 Å². The predicted octanol–water partition coefficient (Wildman–Crippen LogP) is 4.02. The Morgan fingerprint density at radius 3 is 2.68 bits per heavy atom. The fourth-order valence-electron chi connectivity index (χ4n) is 1.99. The van der Waals surface area contributed by atoms with E-state index in [1.165, 1.54) is 0 Å². The molecule has 0 aliphatic rings. The molecular formula is C16H14O3. The first-order valence-electron chi connectivity index (χ1n) is 6.09. The first-order chi connectivity index (χ1) is 9.36. The van der Waals surface area contributed by atoms with Crippen LogP contribution in [0.5, 0.6) is 11.5 Å². The number of furan rings is 1. The van der Waals surface area contributed by atoms with E-state index >= 15 is 0 Å². The fourth-order valence-corrected chi connectivity index (χ4v) is 1.99. The van der Waals surface area contributed by atoms with Crippen LogP contribution in [0, 0.1) is 0 Å². The molecule has 0 fully saturated rings. The minimum Gasteiger partial charge on any atom is -0.496 e. The highest BCUT2D eigenvalue weighted by Gasteiger charge is 2.08. The van der Waals surface area contributed by atoms with Gasteiger partial charge in [-0.1, -0.05) is 30.3 Å². The molecule has 0 bridgehead atoms. The predicted molar refractivity (Wildman–Crippen MR) is 73.5 cm³/mol. The maximum absolute atomic E-state index is 5.87. The monoisotopic (exact) mass is 254 g/mol. The highest BCUT2D eigenvalue weighted by Crippen LogP contribution is 2.32. The molecule has 0 unspecified atom stereocenters. The molecule has 96 valence electrons. The molecule has 1 heterocycles. The minimum absolute atomic E-state index is 0.522. The van der Waals surface area contributed by atoms with Crippen molar-refractivity contribution in [3.63, 3.8) is 0 Å². The molecular weight excluding hydrogens is 240 g/mol. The lowest BCUT2D eigenvalue weighted by molar-refractivity contribution is 0.307. The van der Waals surface area contributed by atoms with Gasteiger partial charge < -0.3 is 13.9 Å². The number of ether oxygens (including phenoxy) is 2. The van der Waals surface area contributed by atoms with Crippen LogP contribution in [0.25, 0.3) is 11.0 Å². The van der Waals surface area contributed by atoms with Crippen LogP contribution in [-0.2, 0) is 6.61 Å². The molecule has 3 nitrogen and oxygen atoms in total. The van der Waals surface area contributed by atoms with Crippen molar-refractivity contribution in [2.45, 2.75) is 6.61 Å². The summed E-state index contributed by atoms with van der Waals surface area (Å²) in [5.74, 6) is 1.50. The Bertz CT molecular complexity index is 671. The van der Waals surface area contributed by atoms with Crippen LogP contribution in [0.15, 0.2) is 59.2 Å². The smallest absolute Gasteiger partial charge is 0.141 e. The van der Waals surface area contributed by atoms with Crippen molar-refractivity contribution in [2.75, 3.05) is 7.11 Å². The standard InChI is InChI=1S/C16H14O3/c1-17-13-9-15-14(7-8-18-15)16(10-13)19-11-12-5-3-2-4-6-12/h2-10H,11H2,1H3. The van der Waals surface area contributed by atoms with E-state index in [2.05, 4.69) is 0 Å². The van der Waals surface area contributed by atoms with Gasteiger partial charge in [-0.2, -0.15) is 0 Å². The summed E-state index contributed by atoms with van der Waals surface area (Å²) in [6, 6.07) is 15.7. The molecule has 3 aromatic rings. The molecule has 2 aromatic carbocycles. The number of rotatable bonds is 4.